The van der Waals surface area contributed by atoms with Crippen LogP contribution >= 0.6 is 11.6 Å². The van der Waals surface area contributed by atoms with Gasteiger partial charge in [-0.3, -0.25) is 5.32 Å². The van der Waals surface area contributed by atoms with Crippen LogP contribution in [-0.4, -0.2) is 25.8 Å². The zero-order valence-electron chi connectivity index (χ0n) is 11.2. The van der Waals surface area contributed by atoms with Crippen LogP contribution in [0.2, 0.25) is 5.02 Å². The third kappa shape index (κ3) is 3.85. The first-order chi connectivity index (χ1) is 9.08. The molecule has 1 aliphatic rings. The fraction of sp³-hybridized carbons (Fsp3) is 0.500. The highest BCUT2D eigenvalue weighted by Gasteiger charge is 2.31. The molecular formula is C14H19ClN2O2. The molecule has 0 aromatic heterocycles. The van der Waals surface area contributed by atoms with Crippen LogP contribution in [0.3, 0.4) is 0 Å². The van der Waals surface area contributed by atoms with Crippen LogP contribution in [0, 0.1) is 12.8 Å². The van der Waals surface area contributed by atoms with E-state index in [-0.39, 0.29) is 6.10 Å². The van der Waals surface area contributed by atoms with Gasteiger partial charge in [0.25, 0.3) is 0 Å². The monoisotopic (exact) mass is 282 g/mol. The molecule has 104 valence electrons. The molecule has 0 atom stereocenters. The Morgan fingerprint density at radius 3 is 2.84 bits per heavy atom. The highest BCUT2D eigenvalue weighted by molar-refractivity contribution is 6.31. The molecule has 0 spiro atoms. The van der Waals surface area contributed by atoms with Crippen molar-refractivity contribution >= 4 is 23.4 Å². The average Bonchev–Trinajstić information content (AvgIpc) is 2.31. The van der Waals surface area contributed by atoms with Crippen LogP contribution in [0.4, 0.5) is 10.5 Å². The van der Waals surface area contributed by atoms with Crippen LogP contribution in [0.25, 0.3) is 0 Å². The van der Waals surface area contributed by atoms with E-state index < -0.39 is 6.09 Å². The number of aryl methyl sites for hydroxylation is 1. The molecule has 1 aromatic rings. The zero-order chi connectivity index (χ0) is 13.8. The van der Waals surface area contributed by atoms with Crippen LogP contribution < -0.4 is 10.6 Å². The molecule has 1 amide bonds. The van der Waals surface area contributed by atoms with Gasteiger partial charge in [-0.25, -0.2) is 4.79 Å². The molecular weight excluding hydrogens is 264 g/mol. The summed E-state index contributed by atoms with van der Waals surface area (Å²) in [5, 5.41) is 6.45. The molecule has 0 unspecified atom stereocenters. The van der Waals surface area contributed by atoms with Crippen molar-refractivity contribution < 1.29 is 9.53 Å². The first-order valence-corrected chi connectivity index (χ1v) is 6.84. The molecule has 2 N–H and O–H groups in total. The fourth-order valence-corrected chi connectivity index (χ4v) is 2.38. The Balaban J connectivity index is 1.77. The number of benzene rings is 1. The van der Waals surface area contributed by atoms with Gasteiger partial charge in [-0.15, -0.1) is 0 Å². The fourth-order valence-electron chi connectivity index (χ4n) is 2.20. The average molecular weight is 283 g/mol. The number of nitrogens with one attached hydrogen (secondary N) is 2. The maximum Gasteiger partial charge on any atom is 0.411 e. The quantitative estimate of drug-likeness (QED) is 0.892. The standard InChI is InChI=1S/C14H19ClN2O2/c1-9-3-4-11(7-13(9)15)17-14(18)19-12-5-10(6-12)8-16-2/h3-4,7,10,12,16H,5-6,8H2,1-2H3,(H,17,18). The Hall–Kier alpha value is -1.26. The molecule has 19 heavy (non-hydrogen) atoms. The van der Waals surface area contributed by atoms with Gasteiger partial charge in [-0.05, 0) is 57.0 Å². The van der Waals surface area contributed by atoms with Crippen molar-refractivity contribution in [3.8, 4) is 0 Å². The molecule has 0 heterocycles. The lowest BCUT2D eigenvalue weighted by molar-refractivity contribution is 0.0257. The predicted molar refractivity (Wildman–Crippen MR) is 76.7 cm³/mol. The number of rotatable bonds is 4. The largest absolute Gasteiger partial charge is 0.446 e. The molecule has 4 nitrogen and oxygen atoms in total. The van der Waals surface area contributed by atoms with E-state index in [1.807, 2.05) is 26.1 Å². The van der Waals surface area contributed by atoms with Gasteiger partial charge in [0.15, 0.2) is 0 Å². The van der Waals surface area contributed by atoms with Crippen molar-refractivity contribution in [1.82, 2.24) is 5.32 Å². The van der Waals surface area contributed by atoms with Gasteiger partial charge in [0.2, 0.25) is 0 Å². The van der Waals surface area contributed by atoms with E-state index in [2.05, 4.69) is 10.6 Å². The van der Waals surface area contributed by atoms with Crippen molar-refractivity contribution in [2.75, 3.05) is 18.9 Å². The van der Waals surface area contributed by atoms with Gasteiger partial charge in [-0.1, -0.05) is 17.7 Å². The van der Waals surface area contributed by atoms with E-state index in [0.717, 1.165) is 24.9 Å². The number of carbonyl (C=O) groups is 1. The number of hydrogen-bond acceptors (Lipinski definition) is 3. The Bertz CT molecular complexity index is 459. The molecule has 1 saturated carbocycles. The number of halogens is 1. The summed E-state index contributed by atoms with van der Waals surface area (Å²) in [7, 11) is 1.93. The van der Waals surface area contributed by atoms with Crippen molar-refractivity contribution in [2.24, 2.45) is 5.92 Å². The van der Waals surface area contributed by atoms with Crippen LogP contribution in [0.5, 0.6) is 0 Å². The minimum Gasteiger partial charge on any atom is -0.446 e. The van der Waals surface area contributed by atoms with Crippen molar-refractivity contribution in [3.05, 3.63) is 28.8 Å². The number of hydrogen-bond donors (Lipinski definition) is 2. The van der Waals surface area contributed by atoms with Gasteiger partial charge in [0.05, 0.1) is 0 Å². The normalized spacial score (nSPS) is 21.6. The summed E-state index contributed by atoms with van der Waals surface area (Å²) in [6.07, 6.45) is 1.50. The predicted octanol–water partition coefficient (Wildman–Crippen LogP) is 3.19. The molecule has 5 heteroatoms. The van der Waals surface area contributed by atoms with Gasteiger partial charge < -0.3 is 10.1 Å². The second-order valence-corrected chi connectivity index (χ2v) is 5.42. The number of amides is 1. The van der Waals surface area contributed by atoms with Crippen molar-refractivity contribution in [3.63, 3.8) is 0 Å². The highest BCUT2D eigenvalue weighted by atomic mass is 35.5. The van der Waals surface area contributed by atoms with E-state index >= 15 is 0 Å². The maximum absolute atomic E-state index is 11.7. The minimum absolute atomic E-state index is 0.0410. The lowest BCUT2D eigenvalue weighted by Crippen LogP contribution is -2.38. The maximum atomic E-state index is 11.7. The van der Waals surface area contributed by atoms with E-state index in [0.29, 0.717) is 16.6 Å². The molecule has 0 radical (unpaired) electrons. The molecule has 1 aliphatic carbocycles. The van der Waals surface area contributed by atoms with Gasteiger partial charge in [0.1, 0.15) is 6.10 Å². The van der Waals surface area contributed by atoms with E-state index in [1.54, 1.807) is 6.07 Å². The van der Waals surface area contributed by atoms with Gasteiger partial charge in [0, 0.05) is 10.7 Å². The highest BCUT2D eigenvalue weighted by Crippen LogP contribution is 2.29. The van der Waals surface area contributed by atoms with Crippen LogP contribution in [-0.2, 0) is 4.74 Å². The summed E-state index contributed by atoms with van der Waals surface area (Å²) in [5.74, 6) is 0.622. The smallest absolute Gasteiger partial charge is 0.411 e. The molecule has 0 saturated heterocycles. The lowest BCUT2D eigenvalue weighted by Gasteiger charge is -2.34. The summed E-state index contributed by atoms with van der Waals surface area (Å²) >= 11 is 6.00. The summed E-state index contributed by atoms with van der Waals surface area (Å²) in [6, 6.07) is 5.40. The molecule has 1 fully saturated rings. The Labute approximate surface area is 118 Å². The van der Waals surface area contributed by atoms with Gasteiger partial charge >= 0.3 is 6.09 Å². The summed E-state index contributed by atoms with van der Waals surface area (Å²) in [4.78, 5) is 11.7. The number of ether oxygens (including phenoxy) is 1. The Morgan fingerprint density at radius 2 is 2.21 bits per heavy atom. The topological polar surface area (TPSA) is 50.4 Å². The van der Waals surface area contributed by atoms with Gasteiger partial charge in [-0.2, -0.15) is 0 Å². The van der Waals surface area contributed by atoms with Crippen molar-refractivity contribution in [2.45, 2.75) is 25.9 Å². The van der Waals surface area contributed by atoms with E-state index in [1.165, 1.54) is 0 Å². The van der Waals surface area contributed by atoms with Crippen LogP contribution in [0.1, 0.15) is 18.4 Å². The van der Waals surface area contributed by atoms with Crippen molar-refractivity contribution in [1.29, 1.82) is 0 Å². The zero-order valence-corrected chi connectivity index (χ0v) is 12.0. The number of anilines is 1. The Morgan fingerprint density at radius 1 is 1.47 bits per heavy atom. The summed E-state index contributed by atoms with van der Waals surface area (Å²) in [6.45, 7) is 2.90. The summed E-state index contributed by atoms with van der Waals surface area (Å²) < 4.78 is 5.32. The Kier molecular flexibility index (Phi) is 4.66. The minimum atomic E-state index is -0.409. The van der Waals surface area contributed by atoms with E-state index in [4.69, 9.17) is 16.3 Å². The first-order valence-electron chi connectivity index (χ1n) is 6.47. The molecule has 2 rings (SSSR count). The SMILES string of the molecule is CNCC1CC(OC(=O)Nc2ccc(C)c(Cl)c2)C1. The third-order valence-corrected chi connectivity index (χ3v) is 3.78. The third-order valence-electron chi connectivity index (χ3n) is 3.38. The first kappa shape index (κ1) is 14.2. The number of carbonyl (C=O) groups excluding carboxylic acids is 1. The second-order valence-electron chi connectivity index (χ2n) is 5.01. The molecule has 1 aromatic carbocycles. The molecule has 0 bridgehead atoms. The lowest BCUT2D eigenvalue weighted by atomic mass is 9.82. The van der Waals surface area contributed by atoms with E-state index in [9.17, 15) is 4.79 Å². The summed E-state index contributed by atoms with van der Waals surface area (Å²) in [5.41, 5.74) is 1.64. The second kappa shape index (κ2) is 6.26. The molecule has 0 aliphatic heterocycles. The van der Waals surface area contributed by atoms with Crippen LogP contribution in [0.15, 0.2) is 18.2 Å².